The van der Waals surface area contributed by atoms with Crippen LogP contribution in [-0.2, 0) is 19.5 Å². The second-order valence-electron chi connectivity index (χ2n) is 6.81. The lowest BCUT2D eigenvalue weighted by molar-refractivity contribution is 0.510. The minimum atomic E-state index is 0.00594. The van der Waals surface area contributed by atoms with Gasteiger partial charge in [-0.2, -0.15) is 5.10 Å². The first-order chi connectivity index (χ1) is 13.3. The molecule has 4 aromatic rings. The Morgan fingerprint density at radius 1 is 1.19 bits per heavy atom. The summed E-state index contributed by atoms with van der Waals surface area (Å²) in [6.07, 6.45) is 5.37. The molecule has 0 unspecified atom stereocenters. The quantitative estimate of drug-likeness (QED) is 0.547. The molecule has 5 rings (SSSR count). The molecule has 27 heavy (non-hydrogen) atoms. The minimum Gasteiger partial charge on any atom is -0.450 e. The van der Waals surface area contributed by atoms with Crippen molar-refractivity contribution in [1.82, 2.24) is 24.3 Å². The summed E-state index contributed by atoms with van der Waals surface area (Å²) in [7, 11) is 0. The number of aryl methyl sites for hydroxylation is 2. The lowest BCUT2D eigenvalue weighted by Crippen LogP contribution is -2.27. The van der Waals surface area contributed by atoms with E-state index in [-0.39, 0.29) is 5.69 Å². The largest absolute Gasteiger partial charge is 0.450 e. The maximum Gasteiger partial charge on any atom is 0.345 e. The summed E-state index contributed by atoms with van der Waals surface area (Å²) in [5, 5.41) is 8.75. The molecule has 1 aliphatic rings. The fraction of sp³-hybridized carbons (Fsp3) is 0.368. The van der Waals surface area contributed by atoms with Crippen LogP contribution < -0.4 is 11.0 Å². The highest BCUT2D eigenvalue weighted by Gasteiger charge is 2.16. The van der Waals surface area contributed by atoms with Crippen LogP contribution in [0.15, 0.2) is 39.8 Å². The van der Waals surface area contributed by atoms with E-state index in [1.54, 1.807) is 15.6 Å². The van der Waals surface area contributed by atoms with Crippen molar-refractivity contribution in [3.05, 3.63) is 46.9 Å². The topological polar surface area (TPSA) is 90.8 Å². The van der Waals surface area contributed by atoms with Gasteiger partial charge in [0.15, 0.2) is 11.4 Å². The molecule has 8 nitrogen and oxygen atoms in total. The van der Waals surface area contributed by atoms with Crippen LogP contribution in [0, 0.1) is 0 Å². The Kier molecular flexibility index (Phi) is 3.88. The standard InChI is InChI=1S/C19H20N6O2/c26-19-24-10-4-3-8-15(24)23-25(19)11-5-9-20-18-17-16(21-12-22-18)13-6-1-2-7-14(13)27-17/h1-2,6-7,12H,3-5,8-11H2,(H,20,21,22). The molecule has 0 saturated carbocycles. The maximum absolute atomic E-state index is 12.4. The third kappa shape index (κ3) is 2.77. The lowest BCUT2D eigenvalue weighted by atomic mass is 10.2. The first-order valence-corrected chi connectivity index (χ1v) is 9.34. The van der Waals surface area contributed by atoms with E-state index in [1.165, 1.54) is 0 Å². The Morgan fingerprint density at radius 2 is 2.11 bits per heavy atom. The molecular weight excluding hydrogens is 344 g/mol. The molecule has 0 spiro atoms. The van der Waals surface area contributed by atoms with Crippen LogP contribution in [0.5, 0.6) is 0 Å². The van der Waals surface area contributed by atoms with Gasteiger partial charge in [0.05, 0.1) is 0 Å². The zero-order chi connectivity index (χ0) is 18.2. The molecule has 138 valence electrons. The molecule has 3 aromatic heterocycles. The molecule has 1 aromatic carbocycles. The molecule has 4 heterocycles. The van der Waals surface area contributed by atoms with Gasteiger partial charge in [-0.1, -0.05) is 12.1 Å². The third-order valence-electron chi connectivity index (χ3n) is 5.03. The van der Waals surface area contributed by atoms with E-state index in [0.717, 1.165) is 54.5 Å². The van der Waals surface area contributed by atoms with Gasteiger partial charge in [-0.05, 0) is 31.4 Å². The molecule has 0 saturated heterocycles. The predicted molar refractivity (Wildman–Crippen MR) is 102 cm³/mol. The van der Waals surface area contributed by atoms with Crippen molar-refractivity contribution in [2.24, 2.45) is 0 Å². The summed E-state index contributed by atoms with van der Waals surface area (Å²) in [5.74, 6) is 1.59. The maximum atomic E-state index is 12.4. The number of hydrogen-bond acceptors (Lipinski definition) is 6. The number of benzene rings is 1. The summed E-state index contributed by atoms with van der Waals surface area (Å²) in [6, 6.07) is 7.82. The summed E-state index contributed by atoms with van der Waals surface area (Å²) < 4.78 is 9.30. The van der Waals surface area contributed by atoms with Crippen LogP contribution in [0.1, 0.15) is 25.1 Å². The summed E-state index contributed by atoms with van der Waals surface area (Å²) >= 11 is 0. The minimum absolute atomic E-state index is 0.00594. The van der Waals surface area contributed by atoms with Gasteiger partial charge in [-0.3, -0.25) is 4.57 Å². The number of rotatable bonds is 5. The molecule has 0 radical (unpaired) electrons. The summed E-state index contributed by atoms with van der Waals surface area (Å²) in [6.45, 7) is 2.04. The second kappa shape index (κ2) is 6.53. The van der Waals surface area contributed by atoms with Gasteiger partial charge in [0, 0.05) is 31.4 Å². The predicted octanol–water partition coefficient (Wildman–Crippen LogP) is 2.57. The van der Waals surface area contributed by atoms with Gasteiger partial charge >= 0.3 is 5.69 Å². The van der Waals surface area contributed by atoms with Crippen molar-refractivity contribution in [3.8, 4) is 0 Å². The fourth-order valence-electron chi connectivity index (χ4n) is 3.68. The lowest BCUT2D eigenvalue weighted by Gasteiger charge is -2.09. The zero-order valence-electron chi connectivity index (χ0n) is 14.9. The van der Waals surface area contributed by atoms with Gasteiger partial charge in [-0.25, -0.2) is 19.4 Å². The first-order valence-electron chi connectivity index (χ1n) is 9.34. The number of para-hydroxylation sites is 1. The monoisotopic (exact) mass is 364 g/mol. The Hall–Kier alpha value is -3.16. The highest BCUT2D eigenvalue weighted by Crippen LogP contribution is 2.30. The van der Waals surface area contributed by atoms with Crippen LogP contribution in [-0.4, -0.2) is 30.9 Å². The van der Waals surface area contributed by atoms with E-state index >= 15 is 0 Å². The first kappa shape index (κ1) is 16.0. The van der Waals surface area contributed by atoms with Crippen LogP contribution in [0.4, 0.5) is 5.82 Å². The zero-order valence-corrected chi connectivity index (χ0v) is 14.9. The number of nitrogens with one attached hydrogen (secondary N) is 1. The van der Waals surface area contributed by atoms with Gasteiger partial charge in [-0.15, -0.1) is 0 Å². The van der Waals surface area contributed by atoms with E-state index in [9.17, 15) is 4.79 Å². The highest BCUT2D eigenvalue weighted by atomic mass is 16.3. The molecule has 0 aliphatic carbocycles. The van der Waals surface area contributed by atoms with Crippen molar-refractivity contribution in [2.75, 3.05) is 11.9 Å². The number of aromatic nitrogens is 5. The van der Waals surface area contributed by atoms with Gasteiger partial charge < -0.3 is 9.73 Å². The average Bonchev–Trinajstić information content (AvgIpc) is 3.24. The van der Waals surface area contributed by atoms with Crippen LogP contribution in [0.2, 0.25) is 0 Å². The van der Waals surface area contributed by atoms with Gasteiger partial charge in [0.25, 0.3) is 0 Å². The van der Waals surface area contributed by atoms with Crippen LogP contribution in [0.25, 0.3) is 22.1 Å². The van der Waals surface area contributed by atoms with Crippen molar-refractivity contribution in [1.29, 1.82) is 0 Å². The van der Waals surface area contributed by atoms with E-state index < -0.39 is 0 Å². The molecule has 1 N–H and O–H groups in total. The van der Waals surface area contributed by atoms with Crippen molar-refractivity contribution in [3.63, 3.8) is 0 Å². The second-order valence-corrected chi connectivity index (χ2v) is 6.81. The Balaban J connectivity index is 1.30. The SMILES string of the molecule is O=c1n(CCCNc2ncnc3c2oc2ccccc23)nc2n1CCCC2. The molecular formula is C19H20N6O2. The normalized spacial score (nSPS) is 13.9. The highest BCUT2D eigenvalue weighted by molar-refractivity contribution is 6.05. The van der Waals surface area contributed by atoms with Gasteiger partial charge in [0.1, 0.15) is 23.3 Å². The molecule has 8 heteroatoms. The van der Waals surface area contributed by atoms with Gasteiger partial charge in [0.2, 0.25) is 0 Å². The van der Waals surface area contributed by atoms with Crippen molar-refractivity contribution in [2.45, 2.75) is 38.8 Å². The smallest absolute Gasteiger partial charge is 0.345 e. The summed E-state index contributed by atoms with van der Waals surface area (Å²) in [5.41, 5.74) is 2.27. The van der Waals surface area contributed by atoms with Crippen LogP contribution in [0.3, 0.4) is 0 Å². The Labute approximate surface area is 154 Å². The molecule has 0 fully saturated rings. The van der Waals surface area contributed by atoms with Crippen molar-refractivity contribution < 1.29 is 4.42 Å². The molecule has 0 atom stereocenters. The van der Waals surface area contributed by atoms with Crippen LogP contribution >= 0.6 is 0 Å². The number of hydrogen-bond donors (Lipinski definition) is 1. The number of nitrogens with zero attached hydrogens (tertiary/aromatic N) is 5. The molecule has 0 bridgehead atoms. The fourth-order valence-corrected chi connectivity index (χ4v) is 3.68. The Bertz CT molecular complexity index is 1170. The van der Waals surface area contributed by atoms with Crippen molar-refractivity contribution >= 4 is 27.9 Å². The average molecular weight is 364 g/mol. The number of fused-ring (bicyclic) bond motifs is 4. The van der Waals surface area contributed by atoms with E-state index in [4.69, 9.17) is 4.42 Å². The molecule has 1 aliphatic heterocycles. The number of furan rings is 1. The van der Waals surface area contributed by atoms with E-state index in [2.05, 4.69) is 20.4 Å². The summed E-state index contributed by atoms with van der Waals surface area (Å²) in [4.78, 5) is 21.0. The van der Waals surface area contributed by atoms with E-state index in [0.29, 0.717) is 24.5 Å². The third-order valence-corrected chi connectivity index (χ3v) is 5.03. The molecule has 0 amide bonds. The number of anilines is 1. The Morgan fingerprint density at radius 3 is 3.04 bits per heavy atom. The van der Waals surface area contributed by atoms with E-state index in [1.807, 2.05) is 24.3 Å².